The maximum absolute atomic E-state index is 4.22. The molecule has 0 saturated carbocycles. The molecule has 1 saturated heterocycles. The molecular weight excluding hydrogens is 268 g/mol. The SMILES string of the molecule is c1n[nH]c(N2CCN(Cc3ccn4ncnc4c3)CC2)n1. The maximum atomic E-state index is 4.22. The van der Waals surface area contributed by atoms with E-state index in [0.717, 1.165) is 44.3 Å². The van der Waals surface area contributed by atoms with Gasteiger partial charge in [0.1, 0.15) is 12.7 Å². The first-order valence-corrected chi connectivity index (χ1v) is 6.99. The van der Waals surface area contributed by atoms with Gasteiger partial charge in [0.15, 0.2) is 5.65 Å². The standard InChI is InChI=1S/C13H16N8/c1-2-21-12(14-10-17-21)7-11(1)8-19-3-5-20(6-4-19)13-15-9-16-18-13/h1-2,7,9-10H,3-6,8H2,(H,15,16,18). The normalized spacial score (nSPS) is 16.7. The molecule has 0 aliphatic carbocycles. The lowest BCUT2D eigenvalue weighted by atomic mass is 10.2. The number of hydrogen-bond donors (Lipinski definition) is 1. The first-order valence-electron chi connectivity index (χ1n) is 6.99. The minimum Gasteiger partial charge on any atom is -0.339 e. The van der Waals surface area contributed by atoms with E-state index in [0.29, 0.717) is 0 Å². The van der Waals surface area contributed by atoms with Crippen molar-refractivity contribution in [1.29, 1.82) is 0 Å². The summed E-state index contributed by atoms with van der Waals surface area (Å²) in [6.45, 7) is 4.88. The van der Waals surface area contributed by atoms with Crippen molar-refractivity contribution in [2.45, 2.75) is 6.54 Å². The van der Waals surface area contributed by atoms with Crippen LogP contribution in [-0.4, -0.2) is 60.9 Å². The van der Waals surface area contributed by atoms with Crippen molar-refractivity contribution in [3.05, 3.63) is 36.5 Å². The van der Waals surface area contributed by atoms with Crippen molar-refractivity contribution in [2.75, 3.05) is 31.1 Å². The van der Waals surface area contributed by atoms with Gasteiger partial charge in [-0.15, -0.1) is 0 Å². The Morgan fingerprint density at radius 1 is 1.10 bits per heavy atom. The van der Waals surface area contributed by atoms with Gasteiger partial charge in [0.2, 0.25) is 5.95 Å². The van der Waals surface area contributed by atoms with Crippen LogP contribution in [0.15, 0.2) is 31.0 Å². The second-order valence-corrected chi connectivity index (χ2v) is 5.17. The van der Waals surface area contributed by atoms with Crippen molar-refractivity contribution >= 4 is 11.6 Å². The quantitative estimate of drug-likeness (QED) is 0.738. The number of rotatable bonds is 3. The summed E-state index contributed by atoms with van der Waals surface area (Å²) < 4.78 is 1.78. The molecule has 0 spiro atoms. The average Bonchev–Trinajstić information content (AvgIpc) is 3.19. The van der Waals surface area contributed by atoms with Gasteiger partial charge in [-0.1, -0.05) is 0 Å². The van der Waals surface area contributed by atoms with Crippen LogP contribution in [0.2, 0.25) is 0 Å². The van der Waals surface area contributed by atoms with Gasteiger partial charge in [-0.05, 0) is 17.7 Å². The van der Waals surface area contributed by atoms with Crippen LogP contribution < -0.4 is 4.90 Å². The Morgan fingerprint density at radius 3 is 2.81 bits per heavy atom. The lowest BCUT2D eigenvalue weighted by Gasteiger charge is -2.34. The lowest BCUT2D eigenvalue weighted by Crippen LogP contribution is -2.46. The fraction of sp³-hybridized carbons (Fsp3) is 0.385. The van der Waals surface area contributed by atoms with Crippen LogP contribution in [0.25, 0.3) is 5.65 Å². The highest BCUT2D eigenvalue weighted by Crippen LogP contribution is 2.13. The molecular formula is C13H16N8. The molecule has 0 atom stereocenters. The number of H-pyrrole nitrogens is 1. The summed E-state index contributed by atoms with van der Waals surface area (Å²) >= 11 is 0. The van der Waals surface area contributed by atoms with E-state index in [-0.39, 0.29) is 0 Å². The molecule has 4 heterocycles. The number of anilines is 1. The third kappa shape index (κ3) is 2.45. The second kappa shape index (κ2) is 5.13. The second-order valence-electron chi connectivity index (χ2n) is 5.17. The summed E-state index contributed by atoms with van der Waals surface area (Å²) in [5, 5.41) is 10.9. The van der Waals surface area contributed by atoms with Crippen molar-refractivity contribution in [1.82, 2.24) is 34.7 Å². The molecule has 21 heavy (non-hydrogen) atoms. The molecule has 1 aliphatic heterocycles. The van der Waals surface area contributed by atoms with Gasteiger partial charge in [-0.2, -0.15) is 15.2 Å². The molecule has 0 aromatic carbocycles. The van der Waals surface area contributed by atoms with Gasteiger partial charge in [-0.3, -0.25) is 4.90 Å². The molecule has 3 aromatic heterocycles. The van der Waals surface area contributed by atoms with E-state index in [9.17, 15) is 0 Å². The van der Waals surface area contributed by atoms with Crippen LogP contribution in [0.4, 0.5) is 5.95 Å². The van der Waals surface area contributed by atoms with E-state index >= 15 is 0 Å². The van der Waals surface area contributed by atoms with Gasteiger partial charge in [0, 0.05) is 38.9 Å². The predicted octanol–water partition coefficient (Wildman–Crippen LogP) is 0.170. The highest BCUT2D eigenvalue weighted by atomic mass is 15.4. The highest BCUT2D eigenvalue weighted by molar-refractivity contribution is 5.39. The third-order valence-corrected chi connectivity index (χ3v) is 3.83. The Kier molecular flexibility index (Phi) is 3.00. The Hall–Kier alpha value is -2.48. The molecule has 8 nitrogen and oxygen atoms in total. The molecule has 108 valence electrons. The summed E-state index contributed by atoms with van der Waals surface area (Å²) in [5.41, 5.74) is 2.16. The van der Waals surface area contributed by atoms with Crippen LogP contribution in [0, 0.1) is 0 Å². The van der Waals surface area contributed by atoms with Gasteiger partial charge in [0.05, 0.1) is 0 Å². The monoisotopic (exact) mass is 284 g/mol. The van der Waals surface area contributed by atoms with Crippen LogP contribution in [0.5, 0.6) is 0 Å². The molecule has 0 bridgehead atoms. The number of nitrogens with zero attached hydrogens (tertiary/aromatic N) is 7. The molecule has 0 amide bonds. The van der Waals surface area contributed by atoms with E-state index in [2.05, 4.69) is 47.2 Å². The van der Waals surface area contributed by atoms with Crippen molar-refractivity contribution in [2.24, 2.45) is 0 Å². The fourth-order valence-electron chi connectivity index (χ4n) is 2.68. The molecule has 0 radical (unpaired) electrons. The van der Waals surface area contributed by atoms with E-state index in [4.69, 9.17) is 0 Å². The summed E-state index contributed by atoms with van der Waals surface area (Å²) in [4.78, 5) is 13.1. The van der Waals surface area contributed by atoms with Gasteiger partial charge >= 0.3 is 0 Å². The third-order valence-electron chi connectivity index (χ3n) is 3.83. The molecule has 4 rings (SSSR count). The van der Waals surface area contributed by atoms with Gasteiger partial charge in [0.25, 0.3) is 0 Å². The number of hydrogen-bond acceptors (Lipinski definition) is 6. The summed E-state index contributed by atoms with van der Waals surface area (Å²) in [6, 6.07) is 4.19. The zero-order valence-electron chi connectivity index (χ0n) is 11.6. The molecule has 1 aliphatic rings. The topological polar surface area (TPSA) is 78.2 Å². The van der Waals surface area contributed by atoms with Crippen LogP contribution in [0.3, 0.4) is 0 Å². The van der Waals surface area contributed by atoms with Gasteiger partial charge < -0.3 is 4.90 Å². The van der Waals surface area contributed by atoms with Crippen molar-refractivity contribution in [3.8, 4) is 0 Å². The minimum atomic E-state index is 0.861. The van der Waals surface area contributed by atoms with Crippen LogP contribution >= 0.6 is 0 Å². The number of fused-ring (bicyclic) bond motifs is 1. The maximum Gasteiger partial charge on any atom is 0.221 e. The molecule has 8 heteroatoms. The molecule has 0 unspecified atom stereocenters. The largest absolute Gasteiger partial charge is 0.339 e. The number of aromatic amines is 1. The van der Waals surface area contributed by atoms with Crippen molar-refractivity contribution < 1.29 is 0 Å². The zero-order chi connectivity index (χ0) is 14.1. The zero-order valence-corrected chi connectivity index (χ0v) is 11.6. The number of aromatic nitrogens is 6. The van der Waals surface area contributed by atoms with E-state index in [1.54, 1.807) is 17.2 Å². The number of piperazine rings is 1. The highest BCUT2D eigenvalue weighted by Gasteiger charge is 2.18. The Morgan fingerprint density at radius 2 is 2.00 bits per heavy atom. The van der Waals surface area contributed by atoms with Crippen molar-refractivity contribution in [3.63, 3.8) is 0 Å². The number of nitrogens with one attached hydrogen (secondary N) is 1. The molecule has 3 aromatic rings. The smallest absolute Gasteiger partial charge is 0.221 e. The minimum absolute atomic E-state index is 0.861. The van der Waals surface area contributed by atoms with Crippen LogP contribution in [-0.2, 0) is 6.54 Å². The predicted molar refractivity (Wildman–Crippen MR) is 76.9 cm³/mol. The fourth-order valence-corrected chi connectivity index (χ4v) is 2.68. The summed E-state index contributed by atoms with van der Waals surface area (Å²) in [6.07, 6.45) is 5.09. The first kappa shape index (κ1) is 12.3. The van der Waals surface area contributed by atoms with Crippen LogP contribution in [0.1, 0.15) is 5.56 Å². The Balaban J connectivity index is 1.40. The van der Waals surface area contributed by atoms with Gasteiger partial charge in [-0.25, -0.2) is 14.6 Å². The summed E-state index contributed by atoms with van der Waals surface area (Å²) in [5.74, 6) is 0.861. The lowest BCUT2D eigenvalue weighted by molar-refractivity contribution is 0.249. The first-order chi connectivity index (χ1) is 10.4. The Bertz CT molecular complexity index is 711. The van der Waals surface area contributed by atoms with E-state index in [1.807, 2.05) is 6.20 Å². The summed E-state index contributed by atoms with van der Waals surface area (Å²) in [7, 11) is 0. The molecule has 1 N–H and O–H groups in total. The Labute approximate surface area is 121 Å². The average molecular weight is 284 g/mol. The number of pyridine rings is 1. The molecule has 1 fully saturated rings. The van der Waals surface area contributed by atoms with E-state index in [1.165, 1.54) is 5.56 Å². The van der Waals surface area contributed by atoms with E-state index < -0.39 is 0 Å².